The van der Waals surface area contributed by atoms with Gasteiger partial charge < -0.3 is 5.32 Å². The molecule has 1 rings (SSSR count). The number of carbonyl (C=O) groups is 1. The SMILES string of the molecule is CNC(=O)C(CC(C)C)NC(C)c1cccc(C#N)c1. The van der Waals surface area contributed by atoms with E-state index >= 15 is 0 Å². The number of benzene rings is 1. The molecule has 4 heteroatoms. The van der Waals surface area contributed by atoms with Crippen LogP contribution in [-0.2, 0) is 4.79 Å². The molecule has 108 valence electrons. The molecule has 0 spiro atoms. The predicted octanol–water partition coefficient (Wildman–Crippen LogP) is 2.37. The van der Waals surface area contributed by atoms with Gasteiger partial charge in [-0.3, -0.25) is 10.1 Å². The summed E-state index contributed by atoms with van der Waals surface area (Å²) in [4.78, 5) is 11.9. The molecule has 0 heterocycles. The molecule has 0 saturated carbocycles. The maximum absolute atomic E-state index is 11.9. The third-order valence-electron chi connectivity index (χ3n) is 3.24. The van der Waals surface area contributed by atoms with E-state index in [9.17, 15) is 4.79 Å². The van der Waals surface area contributed by atoms with Gasteiger partial charge in [0.1, 0.15) is 0 Å². The summed E-state index contributed by atoms with van der Waals surface area (Å²) in [5.74, 6) is 0.435. The van der Waals surface area contributed by atoms with Gasteiger partial charge in [0.2, 0.25) is 5.91 Å². The molecule has 0 radical (unpaired) electrons. The molecular formula is C16H23N3O. The van der Waals surface area contributed by atoms with E-state index in [1.165, 1.54) is 0 Å². The van der Waals surface area contributed by atoms with E-state index in [-0.39, 0.29) is 18.0 Å². The lowest BCUT2D eigenvalue weighted by molar-refractivity contribution is -0.123. The van der Waals surface area contributed by atoms with Crippen LogP contribution in [0.25, 0.3) is 0 Å². The van der Waals surface area contributed by atoms with Crippen LogP contribution in [0, 0.1) is 17.2 Å². The number of likely N-dealkylation sites (N-methyl/N-ethyl adjacent to an activating group) is 1. The van der Waals surface area contributed by atoms with Crippen molar-refractivity contribution in [1.82, 2.24) is 10.6 Å². The van der Waals surface area contributed by atoms with Crippen LogP contribution in [0.3, 0.4) is 0 Å². The third-order valence-corrected chi connectivity index (χ3v) is 3.24. The van der Waals surface area contributed by atoms with Crippen LogP contribution in [0.2, 0.25) is 0 Å². The molecule has 0 bridgehead atoms. The molecule has 0 aliphatic heterocycles. The van der Waals surface area contributed by atoms with E-state index in [4.69, 9.17) is 5.26 Å². The van der Waals surface area contributed by atoms with Crippen molar-refractivity contribution in [2.75, 3.05) is 7.05 Å². The van der Waals surface area contributed by atoms with Gasteiger partial charge in [0, 0.05) is 13.1 Å². The minimum absolute atomic E-state index is 0.00184. The zero-order valence-corrected chi connectivity index (χ0v) is 12.6. The summed E-state index contributed by atoms with van der Waals surface area (Å²) in [7, 11) is 1.65. The first kappa shape index (κ1) is 16.2. The number of nitrogens with one attached hydrogen (secondary N) is 2. The van der Waals surface area contributed by atoms with Gasteiger partial charge in [0.25, 0.3) is 0 Å². The highest BCUT2D eigenvalue weighted by Crippen LogP contribution is 2.16. The Labute approximate surface area is 121 Å². The highest BCUT2D eigenvalue weighted by molar-refractivity contribution is 5.81. The third kappa shape index (κ3) is 4.67. The molecule has 20 heavy (non-hydrogen) atoms. The van der Waals surface area contributed by atoms with E-state index < -0.39 is 0 Å². The van der Waals surface area contributed by atoms with Crippen LogP contribution in [0.15, 0.2) is 24.3 Å². The second kappa shape index (κ2) is 7.66. The van der Waals surface area contributed by atoms with E-state index in [2.05, 4.69) is 30.6 Å². The fraction of sp³-hybridized carbons (Fsp3) is 0.500. The van der Waals surface area contributed by atoms with Crippen LogP contribution in [0.4, 0.5) is 0 Å². The Hall–Kier alpha value is -1.86. The van der Waals surface area contributed by atoms with Crippen molar-refractivity contribution in [2.45, 2.75) is 39.3 Å². The van der Waals surface area contributed by atoms with Gasteiger partial charge in [-0.25, -0.2) is 0 Å². The Kier molecular flexibility index (Phi) is 6.20. The van der Waals surface area contributed by atoms with E-state index in [0.717, 1.165) is 12.0 Å². The van der Waals surface area contributed by atoms with Gasteiger partial charge in [-0.15, -0.1) is 0 Å². The molecule has 2 unspecified atom stereocenters. The van der Waals surface area contributed by atoms with Crippen molar-refractivity contribution < 1.29 is 4.79 Å². The molecule has 1 amide bonds. The summed E-state index contributed by atoms with van der Waals surface area (Å²) in [5, 5.41) is 15.0. The number of carbonyl (C=O) groups excluding carboxylic acids is 1. The van der Waals surface area contributed by atoms with Crippen LogP contribution >= 0.6 is 0 Å². The molecule has 0 fully saturated rings. The molecule has 0 aliphatic carbocycles. The second-order valence-corrected chi connectivity index (χ2v) is 5.42. The van der Waals surface area contributed by atoms with Crippen molar-refractivity contribution in [3.63, 3.8) is 0 Å². The molecule has 1 aromatic rings. The molecule has 2 atom stereocenters. The maximum atomic E-state index is 11.9. The fourth-order valence-corrected chi connectivity index (χ4v) is 2.17. The maximum Gasteiger partial charge on any atom is 0.236 e. The Morgan fingerprint density at radius 3 is 2.60 bits per heavy atom. The first-order valence-electron chi connectivity index (χ1n) is 6.95. The number of nitrogens with zero attached hydrogens (tertiary/aromatic N) is 1. The fourth-order valence-electron chi connectivity index (χ4n) is 2.17. The first-order valence-corrected chi connectivity index (χ1v) is 6.95. The number of hydrogen-bond donors (Lipinski definition) is 2. The summed E-state index contributed by atoms with van der Waals surface area (Å²) in [6, 6.07) is 9.40. The smallest absolute Gasteiger partial charge is 0.236 e. The summed E-state index contributed by atoms with van der Waals surface area (Å²) < 4.78 is 0. The van der Waals surface area contributed by atoms with Gasteiger partial charge in [-0.1, -0.05) is 26.0 Å². The van der Waals surface area contributed by atoms with E-state index in [1.807, 2.05) is 25.1 Å². The number of hydrogen-bond acceptors (Lipinski definition) is 3. The van der Waals surface area contributed by atoms with Gasteiger partial charge in [0.15, 0.2) is 0 Å². The number of rotatable bonds is 6. The first-order chi connectivity index (χ1) is 9.47. The van der Waals surface area contributed by atoms with Gasteiger partial charge in [-0.2, -0.15) is 5.26 Å². The van der Waals surface area contributed by atoms with Crippen molar-refractivity contribution in [1.29, 1.82) is 5.26 Å². The van der Waals surface area contributed by atoms with E-state index in [1.54, 1.807) is 13.1 Å². The monoisotopic (exact) mass is 273 g/mol. The molecule has 0 aromatic heterocycles. The molecular weight excluding hydrogens is 250 g/mol. The lowest BCUT2D eigenvalue weighted by Gasteiger charge is -2.24. The predicted molar refractivity (Wildman–Crippen MR) is 80.0 cm³/mol. The van der Waals surface area contributed by atoms with Crippen LogP contribution < -0.4 is 10.6 Å². The summed E-state index contributed by atoms with van der Waals surface area (Å²) in [6.45, 7) is 6.20. The average molecular weight is 273 g/mol. The van der Waals surface area contributed by atoms with Gasteiger partial charge >= 0.3 is 0 Å². The summed E-state index contributed by atoms with van der Waals surface area (Å²) in [6.07, 6.45) is 0.780. The van der Waals surface area contributed by atoms with Crippen molar-refractivity contribution in [3.8, 4) is 6.07 Å². The number of amides is 1. The highest BCUT2D eigenvalue weighted by Gasteiger charge is 2.21. The van der Waals surface area contributed by atoms with Gasteiger partial charge in [0.05, 0.1) is 17.7 Å². The Morgan fingerprint density at radius 1 is 1.35 bits per heavy atom. The van der Waals surface area contributed by atoms with Crippen molar-refractivity contribution in [2.24, 2.45) is 5.92 Å². The molecule has 0 saturated heterocycles. The Balaban J connectivity index is 2.81. The summed E-state index contributed by atoms with van der Waals surface area (Å²) >= 11 is 0. The topological polar surface area (TPSA) is 64.9 Å². The Bertz CT molecular complexity index is 491. The highest BCUT2D eigenvalue weighted by atomic mass is 16.2. The van der Waals surface area contributed by atoms with Gasteiger partial charge in [-0.05, 0) is 37.0 Å². The zero-order valence-electron chi connectivity index (χ0n) is 12.6. The molecule has 1 aromatic carbocycles. The minimum Gasteiger partial charge on any atom is -0.358 e. The van der Waals surface area contributed by atoms with E-state index in [0.29, 0.717) is 11.5 Å². The lowest BCUT2D eigenvalue weighted by Crippen LogP contribution is -2.44. The molecule has 2 N–H and O–H groups in total. The van der Waals surface area contributed by atoms with Crippen LogP contribution in [0.1, 0.15) is 44.4 Å². The zero-order chi connectivity index (χ0) is 15.1. The van der Waals surface area contributed by atoms with Crippen LogP contribution in [0.5, 0.6) is 0 Å². The second-order valence-electron chi connectivity index (χ2n) is 5.42. The number of nitriles is 1. The van der Waals surface area contributed by atoms with Crippen LogP contribution in [-0.4, -0.2) is 19.0 Å². The quantitative estimate of drug-likeness (QED) is 0.836. The van der Waals surface area contributed by atoms with Crippen molar-refractivity contribution >= 4 is 5.91 Å². The standard InChI is InChI=1S/C16H23N3O/c1-11(2)8-15(16(20)18-4)19-12(3)14-7-5-6-13(9-14)10-17/h5-7,9,11-12,15,19H,8H2,1-4H3,(H,18,20). The Morgan fingerprint density at radius 2 is 2.05 bits per heavy atom. The summed E-state index contributed by atoms with van der Waals surface area (Å²) in [5.41, 5.74) is 1.65. The van der Waals surface area contributed by atoms with Crippen molar-refractivity contribution in [3.05, 3.63) is 35.4 Å². The average Bonchev–Trinajstić information content (AvgIpc) is 2.45. The largest absolute Gasteiger partial charge is 0.358 e. The molecule has 0 aliphatic rings. The minimum atomic E-state index is -0.222. The molecule has 4 nitrogen and oxygen atoms in total. The normalized spacial score (nSPS) is 13.6. The lowest BCUT2D eigenvalue weighted by atomic mass is 10.00.